The second-order valence-electron chi connectivity index (χ2n) is 4.60. The van der Waals surface area contributed by atoms with Crippen LogP contribution in [0.4, 0.5) is 4.79 Å². The molecule has 6 nitrogen and oxygen atoms in total. The van der Waals surface area contributed by atoms with Gasteiger partial charge in [0.25, 0.3) is 0 Å². The summed E-state index contributed by atoms with van der Waals surface area (Å²) >= 11 is 0. The molecule has 0 bridgehead atoms. The lowest BCUT2D eigenvalue weighted by Crippen LogP contribution is -2.44. The summed E-state index contributed by atoms with van der Waals surface area (Å²) in [5.41, 5.74) is 2.07. The van der Waals surface area contributed by atoms with Gasteiger partial charge < -0.3 is 10.4 Å². The quantitative estimate of drug-likeness (QED) is 0.879. The third kappa shape index (κ3) is 3.34. The van der Waals surface area contributed by atoms with Crippen molar-refractivity contribution in [2.45, 2.75) is 26.8 Å². The number of nitrogens with one attached hydrogen (secondary N) is 1. The van der Waals surface area contributed by atoms with E-state index in [0.29, 0.717) is 5.56 Å². The van der Waals surface area contributed by atoms with Crippen molar-refractivity contribution in [1.82, 2.24) is 10.2 Å². The molecule has 0 saturated heterocycles. The van der Waals surface area contributed by atoms with E-state index in [1.54, 1.807) is 26.0 Å². The zero-order valence-corrected chi connectivity index (χ0v) is 11.9. The standard InChI is InChI=1S/C14H18N2O4/c1-8-6-5-7-9(2)11(8)12(13(18)19)15-14(20)16(4)10(3)17/h5-7,12H,1-4H3,(H,15,20)(H,18,19). The van der Waals surface area contributed by atoms with Crippen LogP contribution in [0, 0.1) is 13.8 Å². The first-order valence-electron chi connectivity index (χ1n) is 6.09. The molecule has 0 spiro atoms. The van der Waals surface area contributed by atoms with Gasteiger partial charge in [-0.2, -0.15) is 0 Å². The number of carbonyl (C=O) groups is 3. The van der Waals surface area contributed by atoms with E-state index in [-0.39, 0.29) is 0 Å². The van der Waals surface area contributed by atoms with E-state index in [2.05, 4.69) is 5.32 Å². The number of carbonyl (C=O) groups excluding carboxylic acids is 2. The van der Waals surface area contributed by atoms with Gasteiger partial charge in [-0.3, -0.25) is 9.69 Å². The lowest BCUT2D eigenvalue weighted by Gasteiger charge is -2.22. The monoisotopic (exact) mass is 278 g/mol. The molecule has 1 aromatic carbocycles. The number of carboxylic acids is 1. The minimum atomic E-state index is -1.19. The molecule has 0 radical (unpaired) electrons. The summed E-state index contributed by atoms with van der Waals surface area (Å²) in [6, 6.07) is 3.44. The molecule has 0 aliphatic heterocycles. The zero-order chi connectivity index (χ0) is 15.4. The number of aliphatic carboxylic acids is 1. The number of aryl methyl sites for hydroxylation is 2. The Kier molecular flexibility index (Phi) is 4.85. The lowest BCUT2D eigenvalue weighted by atomic mass is 9.96. The highest BCUT2D eigenvalue weighted by Crippen LogP contribution is 2.22. The molecule has 108 valence electrons. The van der Waals surface area contributed by atoms with Crippen LogP contribution in [0.5, 0.6) is 0 Å². The van der Waals surface area contributed by atoms with Crippen LogP contribution < -0.4 is 5.32 Å². The van der Waals surface area contributed by atoms with Gasteiger partial charge in [0, 0.05) is 14.0 Å². The molecule has 1 rings (SSSR count). The van der Waals surface area contributed by atoms with Crippen LogP contribution in [0.3, 0.4) is 0 Å². The third-order valence-corrected chi connectivity index (χ3v) is 3.12. The Morgan fingerprint density at radius 2 is 1.70 bits per heavy atom. The van der Waals surface area contributed by atoms with Gasteiger partial charge >= 0.3 is 12.0 Å². The molecule has 1 atom stereocenters. The zero-order valence-electron chi connectivity index (χ0n) is 11.9. The van der Waals surface area contributed by atoms with E-state index in [0.717, 1.165) is 16.0 Å². The van der Waals surface area contributed by atoms with Gasteiger partial charge in [-0.1, -0.05) is 18.2 Å². The summed E-state index contributed by atoms with van der Waals surface area (Å²) in [5.74, 6) is -1.64. The van der Waals surface area contributed by atoms with Crippen LogP contribution >= 0.6 is 0 Å². The van der Waals surface area contributed by atoms with E-state index < -0.39 is 23.9 Å². The summed E-state index contributed by atoms with van der Waals surface area (Å²) in [6.45, 7) is 4.78. The van der Waals surface area contributed by atoms with Crippen molar-refractivity contribution in [3.8, 4) is 0 Å². The molecule has 0 aliphatic rings. The van der Waals surface area contributed by atoms with Gasteiger partial charge in [-0.05, 0) is 30.5 Å². The number of imide groups is 1. The van der Waals surface area contributed by atoms with Gasteiger partial charge in [0.1, 0.15) is 0 Å². The first-order valence-corrected chi connectivity index (χ1v) is 6.09. The highest BCUT2D eigenvalue weighted by molar-refractivity contribution is 5.94. The first kappa shape index (κ1) is 15.7. The van der Waals surface area contributed by atoms with E-state index in [1.807, 2.05) is 6.07 Å². The molecule has 0 heterocycles. The van der Waals surface area contributed by atoms with Crippen molar-refractivity contribution < 1.29 is 19.5 Å². The molecule has 1 unspecified atom stereocenters. The molecule has 2 N–H and O–H groups in total. The van der Waals surface area contributed by atoms with Gasteiger partial charge in [0.15, 0.2) is 6.04 Å². The van der Waals surface area contributed by atoms with Crippen LogP contribution in [-0.4, -0.2) is 35.0 Å². The first-order chi connectivity index (χ1) is 9.25. The number of benzene rings is 1. The molecular formula is C14H18N2O4. The second-order valence-corrected chi connectivity index (χ2v) is 4.60. The predicted molar refractivity (Wildman–Crippen MR) is 73.3 cm³/mol. The van der Waals surface area contributed by atoms with Gasteiger partial charge in [-0.25, -0.2) is 9.59 Å². The Balaban J connectivity index is 3.11. The fourth-order valence-corrected chi connectivity index (χ4v) is 1.90. The van der Waals surface area contributed by atoms with Crippen LogP contribution in [0.25, 0.3) is 0 Å². The topological polar surface area (TPSA) is 86.7 Å². The molecule has 20 heavy (non-hydrogen) atoms. The number of hydrogen-bond donors (Lipinski definition) is 2. The maximum Gasteiger partial charge on any atom is 0.330 e. The Morgan fingerprint density at radius 3 is 2.10 bits per heavy atom. The lowest BCUT2D eigenvalue weighted by molar-refractivity contribution is -0.139. The minimum absolute atomic E-state index is 0.465. The number of carboxylic acid groups (broad SMARTS) is 1. The predicted octanol–water partition coefficient (Wildman–Crippen LogP) is 1.62. The average Bonchev–Trinajstić information content (AvgIpc) is 2.35. The molecular weight excluding hydrogens is 260 g/mol. The molecule has 1 aromatic rings. The number of urea groups is 1. The Hall–Kier alpha value is -2.37. The van der Waals surface area contributed by atoms with Crippen LogP contribution in [0.2, 0.25) is 0 Å². The fourth-order valence-electron chi connectivity index (χ4n) is 1.90. The van der Waals surface area contributed by atoms with E-state index in [4.69, 9.17) is 0 Å². The number of amides is 3. The smallest absolute Gasteiger partial charge is 0.330 e. The molecule has 0 saturated carbocycles. The largest absolute Gasteiger partial charge is 0.479 e. The van der Waals surface area contributed by atoms with Crippen molar-refractivity contribution in [3.63, 3.8) is 0 Å². The fraction of sp³-hybridized carbons (Fsp3) is 0.357. The molecule has 3 amide bonds. The minimum Gasteiger partial charge on any atom is -0.479 e. The number of hydrogen-bond acceptors (Lipinski definition) is 3. The Morgan fingerprint density at radius 1 is 1.20 bits per heavy atom. The molecule has 0 aliphatic carbocycles. The van der Waals surface area contributed by atoms with Gasteiger partial charge in [-0.15, -0.1) is 0 Å². The Labute approximate surface area is 117 Å². The van der Waals surface area contributed by atoms with Crippen molar-refractivity contribution in [2.75, 3.05) is 7.05 Å². The van der Waals surface area contributed by atoms with Crippen molar-refractivity contribution in [1.29, 1.82) is 0 Å². The van der Waals surface area contributed by atoms with Crippen molar-refractivity contribution in [3.05, 3.63) is 34.9 Å². The summed E-state index contributed by atoms with van der Waals surface area (Å²) in [7, 11) is 1.29. The van der Waals surface area contributed by atoms with E-state index in [1.165, 1.54) is 14.0 Å². The van der Waals surface area contributed by atoms with Crippen LogP contribution in [-0.2, 0) is 9.59 Å². The number of nitrogens with zero attached hydrogens (tertiary/aromatic N) is 1. The SMILES string of the molecule is CC(=O)N(C)C(=O)NC(C(=O)O)c1c(C)cccc1C. The average molecular weight is 278 g/mol. The summed E-state index contributed by atoms with van der Waals surface area (Å²) < 4.78 is 0. The summed E-state index contributed by atoms with van der Waals surface area (Å²) in [4.78, 5) is 35.2. The second kappa shape index (κ2) is 6.18. The van der Waals surface area contributed by atoms with Crippen LogP contribution in [0.15, 0.2) is 18.2 Å². The highest BCUT2D eigenvalue weighted by atomic mass is 16.4. The maximum atomic E-state index is 11.8. The third-order valence-electron chi connectivity index (χ3n) is 3.12. The van der Waals surface area contributed by atoms with Crippen LogP contribution in [0.1, 0.15) is 29.7 Å². The highest BCUT2D eigenvalue weighted by Gasteiger charge is 2.27. The van der Waals surface area contributed by atoms with Crippen molar-refractivity contribution >= 4 is 17.9 Å². The molecule has 6 heteroatoms. The van der Waals surface area contributed by atoms with E-state index >= 15 is 0 Å². The molecule has 0 aromatic heterocycles. The summed E-state index contributed by atoms with van der Waals surface area (Å²) in [6.07, 6.45) is 0. The van der Waals surface area contributed by atoms with Crippen molar-refractivity contribution in [2.24, 2.45) is 0 Å². The maximum absolute atomic E-state index is 11.8. The summed E-state index contributed by atoms with van der Waals surface area (Å²) in [5, 5.41) is 11.7. The Bertz CT molecular complexity index is 534. The normalized spacial score (nSPS) is 11.6. The van der Waals surface area contributed by atoms with E-state index in [9.17, 15) is 19.5 Å². The number of rotatable bonds is 3. The molecule has 0 fully saturated rings. The van der Waals surface area contributed by atoms with Gasteiger partial charge in [0.05, 0.1) is 0 Å². The van der Waals surface area contributed by atoms with Gasteiger partial charge in [0.2, 0.25) is 5.91 Å².